The Balaban J connectivity index is 1.42. The molecule has 5 heteroatoms. The van der Waals surface area contributed by atoms with Crippen molar-refractivity contribution in [2.45, 2.75) is 76.3 Å². The van der Waals surface area contributed by atoms with E-state index in [1.54, 1.807) is 0 Å². The van der Waals surface area contributed by atoms with Gasteiger partial charge < -0.3 is 10.4 Å². The molecule has 144 valence electrons. The van der Waals surface area contributed by atoms with E-state index in [0.29, 0.717) is 18.6 Å². The van der Waals surface area contributed by atoms with Crippen LogP contribution in [-0.4, -0.2) is 72.2 Å². The zero-order chi connectivity index (χ0) is 17.5. The summed E-state index contributed by atoms with van der Waals surface area (Å²) in [6.07, 6.45) is 12.4. The summed E-state index contributed by atoms with van der Waals surface area (Å²) >= 11 is 0. The van der Waals surface area contributed by atoms with Crippen molar-refractivity contribution in [3.8, 4) is 0 Å². The lowest BCUT2D eigenvalue weighted by atomic mass is 9.97. The summed E-state index contributed by atoms with van der Waals surface area (Å²) < 4.78 is 0. The van der Waals surface area contributed by atoms with Crippen LogP contribution < -0.4 is 5.32 Å². The molecule has 1 saturated heterocycles. The van der Waals surface area contributed by atoms with Gasteiger partial charge >= 0.3 is 0 Å². The van der Waals surface area contributed by atoms with Gasteiger partial charge in [0.25, 0.3) is 0 Å². The third kappa shape index (κ3) is 6.54. The first-order chi connectivity index (χ1) is 12.2. The third-order valence-electron chi connectivity index (χ3n) is 6.18. The second kappa shape index (κ2) is 9.89. The maximum absolute atomic E-state index is 12.5. The summed E-state index contributed by atoms with van der Waals surface area (Å²) in [4.78, 5) is 17.3. The monoisotopic (exact) mass is 351 g/mol. The Labute approximate surface area is 153 Å². The van der Waals surface area contributed by atoms with Crippen LogP contribution in [0.2, 0.25) is 0 Å². The number of aliphatic hydroxyl groups is 1. The minimum absolute atomic E-state index is 0.198. The van der Waals surface area contributed by atoms with Gasteiger partial charge in [0.05, 0.1) is 6.54 Å². The molecule has 3 rings (SSSR count). The summed E-state index contributed by atoms with van der Waals surface area (Å²) in [5, 5.41) is 12.7. The van der Waals surface area contributed by atoms with Crippen molar-refractivity contribution in [3.05, 3.63) is 0 Å². The molecule has 0 aromatic carbocycles. The van der Waals surface area contributed by atoms with E-state index in [9.17, 15) is 9.90 Å². The fourth-order valence-electron chi connectivity index (χ4n) is 4.47. The van der Waals surface area contributed by atoms with Crippen LogP contribution in [0.25, 0.3) is 0 Å². The van der Waals surface area contributed by atoms with Gasteiger partial charge in [0.1, 0.15) is 0 Å². The highest BCUT2D eigenvalue weighted by atomic mass is 16.3. The predicted molar refractivity (Wildman–Crippen MR) is 100 cm³/mol. The Hall–Kier alpha value is -0.650. The highest BCUT2D eigenvalue weighted by Gasteiger charge is 2.32. The van der Waals surface area contributed by atoms with Crippen molar-refractivity contribution >= 4 is 5.91 Å². The minimum atomic E-state index is 0.198. The van der Waals surface area contributed by atoms with E-state index in [0.717, 1.165) is 44.8 Å². The molecule has 1 heterocycles. The van der Waals surface area contributed by atoms with Gasteiger partial charge in [-0.3, -0.25) is 14.6 Å². The van der Waals surface area contributed by atoms with Crippen LogP contribution in [0, 0.1) is 5.92 Å². The summed E-state index contributed by atoms with van der Waals surface area (Å²) in [7, 11) is 0. The van der Waals surface area contributed by atoms with E-state index >= 15 is 0 Å². The molecule has 3 aliphatic rings. The molecule has 0 spiro atoms. The molecule has 2 aliphatic carbocycles. The Kier molecular flexibility index (Phi) is 7.56. The van der Waals surface area contributed by atoms with Crippen LogP contribution in [0.4, 0.5) is 0 Å². The van der Waals surface area contributed by atoms with Gasteiger partial charge in [-0.05, 0) is 38.0 Å². The number of hydrogen-bond acceptors (Lipinski definition) is 4. The maximum Gasteiger partial charge on any atom is 0.234 e. The predicted octanol–water partition coefficient (Wildman–Crippen LogP) is 1.99. The van der Waals surface area contributed by atoms with Gasteiger partial charge in [-0.1, -0.05) is 32.1 Å². The Bertz CT molecular complexity index is 406. The molecule has 5 nitrogen and oxygen atoms in total. The minimum Gasteiger partial charge on any atom is -0.396 e. The summed E-state index contributed by atoms with van der Waals surface area (Å²) in [6, 6.07) is 0.797. The molecule has 1 aliphatic heterocycles. The normalized spacial score (nSPS) is 27.6. The number of hydrogen-bond donors (Lipinski definition) is 2. The van der Waals surface area contributed by atoms with Crippen molar-refractivity contribution in [3.63, 3.8) is 0 Å². The summed E-state index contributed by atoms with van der Waals surface area (Å²) in [5.41, 5.74) is 0. The van der Waals surface area contributed by atoms with Crippen molar-refractivity contribution in [1.29, 1.82) is 0 Å². The largest absolute Gasteiger partial charge is 0.396 e. The number of piperazine rings is 1. The highest BCUT2D eigenvalue weighted by molar-refractivity contribution is 5.78. The lowest BCUT2D eigenvalue weighted by Gasteiger charge is -2.41. The molecule has 0 radical (unpaired) electrons. The smallest absolute Gasteiger partial charge is 0.234 e. The molecule has 2 saturated carbocycles. The van der Waals surface area contributed by atoms with Gasteiger partial charge in [0.2, 0.25) is 5.91 Å². The number of carbonyl (C=O) groups excluding carboxylic acids is 1. The average molecular weight is 352 g/mol. The second-order valence-electron chi connectivity index (χ2n) is 8.45. The molecule has 0 bridgehead atoms. The molecule has 25 heavy (non-hydrogen) atoms. The first-order valence-corrected chi connectivity index (χ1v) is 10.6. The lowest BCUT2D eigenvalue weighted by molar-refractivity contribution is -0.123. The SMILES string of the molecule is O=C(CN1CCN(CC2CC2)[C@@H](CCO)C1)NC1CCCCCCC1. The van der Waals surface area contributed by atoms with Crippen molar-refractivity contribution < 1.29 is 9.90 Å². The van der Waals surface area contributed by atoms with E-state index in [1.165, 1.54) is 51.5 Å². The summed E-state index contributed by atoms with van der Waals surface area (Å²) in [5.74, 6) is 1.08. The van der Waals surface area contributed by atoms with E-state index in [4.69, 9.17) is 0 Å². The molecule has 3 fully saturated rings. The van der Waals surface area contributed by atoms with E-state index in [-0.39, 0.29) is 12.5 Å². The van der Waals surface area contributed by atoms with Crippen LogP contribution in [0.15, 0.2) is 0 Å². The van der Waals surface area contributed by atoms with Crippen molar-refractivity contribution in [2.75, 3.05) is 39.3 Å². The first-order valence-electron chi connectivity index (χ1n) is 10.6. The molecular weight excluding hydrogens is 314 g/mol. The quantitative estimate of drug-likeness (QED) is 0.737. The third-order valence-corrected chi connectivity index (χ3v) is 6.18. The average Bonchev–Trinajstić information content (AvgIpc) is 3.37. The maximum atomic E-state index is 12.5. The molecule has 1 amide bonds. The van der Waals surface area contributed by atoms with Gasteiger partial charge in [-0.2, -0.15) is 0 Å². The second-order valence-corrected chi connectivity index (χ2v) is 8.45. The summed E-state index contributed by atoms with van der Waals surface area (Å²) in [6.45, 7) is 4.90. The van der Waals surface area contributed by atoms with Gasteiger partial charge in [0.15, 0.2) is 0 Å². The Morgan fingerprint density at radius 1 is 1.00 bits per heavy atom. The molecule has 0 aromatic heterocycles. The standard InChI is InChI=1S/C20H37N3O2/c24-13-10-19-15-22(11-12-23(19)14-17-8-9-17)16-20(25)21-18-6-4-2-1-3-5-7-18/h17-19,24H,1-16H2,(H,21,25)/t19-/m0/s1. The number of carbonyl (C=O) groups is 1. The zero-order valence-corrected chi connectivity index (χ0v) is 15.8. The highest BCUT2D eigenvalue weighted by Crippen LogP contribution is 2.31. The number of rotatable bonds is 7. The molecule has 0 unspecified atom stereocenters. The van der Waals surface area contributed by atoms with E-state index in [1.807, 2.05) is 0 Å². The number of nitrogens with zero attached hydrogens (tertiary/aromatic N) is 2. The topological polar surface area (TPSA) is 55.8 Å². The number of aliphatic hydroxyl groups excluding tert-OH is 1. The Morgan fingerprint density at radius 3 is 2.40 bits per heavy atom. The Morgan fingerprint density at radius 2 is 1.72 bits per heavy atom. The molecular formula is C20H37N3O2. The molecule has 2 N–H and O–H groups in total. The van der Waals surface area contributed by atoms with Crippen LogP contribution >= 0.6 is 0 Å². The lowest BCUT2D eigenvalue weighted by Crippen LogP contribution is -2.56. The van der Waals surface area contributed by atoms with Gasteiger partial charge in [0, 0.05) is 44.9 Å². The molecule has 0 aromatic rings. The van der Waals surface area contributed by atoms with Crippen LogP contribution in [-0.2, 0) is 4.79 Å². The fraction of sp³-hybridized carbons (Fsp3) is 0.950. The van der Waals surface area contributed by atoms with E-state index in [2.05, 4.69) is 15.1 Å². The first kappa shape index (κ1) is 19.1. The zero-order valence-electron chi connectivity index (χ0n) is 15.8. The van der Waals surface area contributed by atoms with Crippen LogP contribution in [0.1, 0.15) is 64.2 Å². The van der Waals surface area contributed by atoms with Gasteiger partial charge in [-0.25, -0.2) is 0 Å². The van der Waals surface area contributed by atoms with Crippen LogP contribution in [0.5, 0.6) is 0 Å². The number of amides is 1. The van der Waals surface area contributed by atoms with Crippen molar-refractivity contribution in [1.82, 2.24) is 15.1 Å². The van der Waals surface area contributed by atoms with Crippen LogP contribution in [0.3, 0.4) is 0 Å². The number of nitrogens with one attached hydrogen (secondary N) is 1. The van der Waals surface area contributed by atoms with E-state index < -0.39 is 0 Å². The molecule has 1 atom stereocenters. The van der Waals surface area contributed by atoms with Gasteiger partial charge in [-0.15, -0.1) is 0 Å². The fourth-order valence-corrected chi connectivity index (χ4v) is 4.47. The van der Waals surface area contributed by atoms with Crippen molar-refractivity contribution in [2.24, 2.45) is 5.92 Å².